The summed E-state index contributed by atoms with van der Waals surface area (Å²) in [7, 11) is -4.44. The van der Waals surface area contributed by atoms with Crippen molar-refractivity contribution in [1.29, 1.82) is 0 Å². The van der Waals surface area contributed by atoms with Crippen molar-refractivity contribution in [3.05, 3.63) is 119 Å². The summed E-state index contributed by atoms with van der Waals surface area (Å²) in [6, 6.07) is 18.5. The molecular weight excluding hydrogens is 983 g/mol. The first-order valence-corrected chi connectivity index (χ1v) is 24.9. The lowest BCUT2D eigenvalue weighted by Gasteiger charge is -2.27. The third-order valence-corrected chi connectivity index (χ3v) is 12.1. The number of aromatic nitrogens is 1. The molecule has 0 unspecified atom stereocenters. The fraction of sp³-hybridized carbons (Fsp3) is 0.367. The fourth-order valence-electron chi connectivity index (χ4n) is 7.24. The first-order chi connectivity index (χ1) is 35.4. The maximum absolute atomic E-state index is 14.0. The lowest BCUT2D eigenvalue weighted by molar-refractivity contribution is -0.141. The number of ether oxygens (including phenoxy) is 1. The predicted octanol–water partition coefficient (Wildman–Crippen LogP) is 1.83. The number of pyridine rings is 1. The Bertz CT molecular complexity index is 2750. The molecule has 4 atom stereocenters. The van der Waals surface area contributed by atoms with Crippen LogP contribution in [0.3, 0.4) is 0 Å². The van der Waals surface area contributed by atoms with Crippen LogP contribution in [0.15, 0.2) is 112 Å². The number of aliphatic carboxylic acids is 1. The van der Waals surface area contributed by atoms with Crippen LogP contribution in [0.2, 0.25) is 0 Å². The standard InChI is InChI=1S/C49H59N11O13S/c1-30(2)43-48(68)57-36(13-8-21-51-49(69)54-26-32-10-4-3-5-11-32)45(65)53-29-41(61)56-38(25-42(62)63)46(66)58-37(47(67)59-43)24-31-15-18-35(19-16-31)73-23-9-22-50-44(64)34-17-20-40(52-27-34)60-55-28-33-12-6-7-14-39(33)74(70,71)72/h3-7,10-12,14-20,27,30,36-38,43H,8-9,13,21-26,28-29H2,1-2H3,(H,50,64)(H,53,65)(H,56,61)(H,57,68)(H,58,66)(H,59,67)(H,62,63)(H2,51,54,69)(H,70,71,72)/t36-,37+,38-,43-/m0/s1. The highest BCUT2D eigenvalue weighted by atomic mass is 32.2. The molecule has 8 amide bonds. The van der Waals surface area contributed by atoms with E-state index in [2.05, 4.69) is 57.7 Å². The number of hydrogen-bond donors (Lipinski definition) is 10. The Morgan fingerprint density at radius 3 is 2.14 bits per heavy atom. The largest absolute Gasteiger partial charge is 0.494 e. The summed E-state index contributed by atoms with van der Waals surface area (Å²) in [6.07, 6.45) is 0.917. The van der Waals surface area contributed by atoms with Crippen LogP contribution in [0.4, 0.5) is 10.6 Å². The van der Waals surface area contributed by atoms with Crippen molar-refractivity contribution in [3.63, 3.8) is 0 Å². The Hall–Kier alpha value is -8.32. The number of nitrogens with zero attached hydrogens (tertiary/aromatic N) is 3. The lowest BCUT2D eigenvalue weighted by Crippen LogP contribution is -2.59. The molecule has 1 saturated heterocycles. The topological polar surface area (TPSA) is 354 Å². The van der Waals surface area contributed by atoms with E-state index in [9.17, 15) is 56.4 Å². The summed E-state index contributed by atoms with van der Waals surface area (Å²) in [5.74, 6) is -6.01. The quantitative estimate of drug-likeness (QED) is 0.0324. The second-order valence-electron chi connectivity index (χ2n) is 17.2. The van der Waals surface area contributed by atoms with E-state index in [0.717, 1.165) is 5.56 Å². The molecule has 24 nitrogen and oxygen atoms in total. The van der Waals surface area contributed by atoms with E-state index in [4.69, 9.17) is 4.74 Å². The van der Waals surface area contributed by atoms with Gasteiger partial charge in [-0.05, 0) is 72.2 Å². The molecule has 25 heteroatoms. The second kappa shape index (κ2) is 28.1. The number of hydrogen-bond acceptors (Lipinski definition) is 14. The van der Waals surface area contributed by atoms with Crippen LogP contribution >= 0.6 is 0 Å². The SMILES string of the molecule is CC(C)[C@@H]1NC(=O)[C@@H](Cc2ccc(OCCCNC(=O)c3ccc(N=NCc4ccccc4S(=O)(=O)O)nc3)cc2)NC(=O)[C@H](CC(=O)O)NC(=O)CNC(=O)[C@H](CCCNC(=O)NCc2ccccc2)NC1=O. The average Bonchev–Trinajstić information content (AvgIpc) is 3.37. The molecule has 0 spiro atoms. The van der Waals surface area contributed by atoms with E-state index in [0.29, 0.717) is 17.7 Å². The Morgan fingerprint density at radius 2 is 1.45 bits per heavy atom. The van der Waals surface area contributed by atoms with Gasteiger partial charge in [0.25, 0.3) is 16.0 Å². The van der Waals surface area contributed by atoms with E-state index < -0.39 is 101 Å². The van der Waals surface area contributed by atoms with Gasteiger partial charge in [-0.1, -0.05) is 74.5 Å². The molecular formula is C49H59N11O13S. The van der Waals surface area contributed by atoms with Crippen LogP contribution in [-0.2, 0) is 58.4 Å². The Balaban J connectivity index is 1.16. The minimum Gasteiger partial charge on any atom is -0.494 e. The molecule has 0 saturated carbocycles. The monoisotopic (exact) mass is 1040 g/mol. The van der Waals surface area contributed by atoms with Crippen LogP contribution < -0.4 is 47.3 Å². The zero-order valence-electron chi connectivity index (χ0n) is 40.5. The molecule has 1 aliphatic rings. The number of benzene rings is 3. The number of carboxylic acid groups (broad SMARTS) is 1. The number of carbonyl (C=O) groups is 8. The summed E-state index contributed by atoms with van der Waals surface area (Å²) in [5.41, 5.74) is 1.90. The van der Waals surface area contributed by atoms with Crippen LogP contribution in [0.1, 0.15) is 66.6 Å². The molecule has 5 rings (SSSR count). The molecule has 2 heterocycles. The zero-order valence-corrected chi connectivity index (χ0v) is 41.4. The highest BCUT2D eigenvalue weighted by Gasteiger charge is 2.34. The predicted molar refractivity (Wildman–Crippen MR) is 265 cm³/mol. The van der Waals surface area contributed by atoms with Crippen LogP contribution in [0.5, 0.6) is 5.75 Å². The molecule has 0 radical (unpaired) electrons. The van der Waals surface area contributed by atoms with E-state index in [1.54, 1.807) is 44.2 Å². The molecule has 4 aromatic rings. The van der Waals surface area contributed by atoms with Gasteiger partial charge in [0.05, 0.1) is 36.6 Å². The van der Waals surface area contributed by atoms with Crippen molar-refractivity contribution in [2.24, 2.45) is 16.1 Å². The van der Waals surface area contributed by atoms with Crippen molar-refractivity contribution in [3.8, 4) is 5.75 Å². The molecule has 0 aliphatic carbocycles. The van der Waals surface area contributed by atoms with Gasteiger partial charge < -0.3 is 52.4 Å². The first-order valence-electron chi connectivity index (χ1n) is 23.5. The van der Waals surface area contributed by atoms with Crippen molar-refractivity contribution >= 4 is 63.4 Å². The first kappa shape index (κ1) is 56.6. The van der Waals surface area contributed by atoms with E-state index >= 15 is 0 Å². The van der Waals surface area contributed by atoms with Crippen molar-refractivity contribution in [2.75, 3.05) is 26.2 Å². The molecule has 1 aromatic heterocycles. The van der Waals surface area contributed by atoms with Crippen LogP contribution in [0, 0.1) is 5.92 Å². The molecule has 10 N–H and O–H groups in total. The summed E-state index contributed by atoms with van der Waals surface area (Å²) in [4.78, 5) is 109. The van der Waals surface area contributed by atoms with Gasteiger partial charge in [0, 0.05) is 32.3 Å². The second-order valence-corrected chi connectivity index (χ2v) is 18.6. The maximum atomic E-state index is 14.0. The van der Waals surface area contributed by atoms with E-state index in [-0.39, 0.29) is 73.9 Å². The minimum atomic E-state index is -4.44. The zero-order chi connectivity index (χ0) is 53.6. The third-order valence-electron chi connectivity index (χ3n) is 11.1. The molecule has 3 aromatic carbocycles. The number of azo groups is 1. The number of carboxylic acids is 1. The highest BCUT2D eigenvalue weighted by Crippen LogP contribution is 2.18. The van der Waals surface area contributed by atoms with Gasteiger partial charge in [0.15, 0.2) is 5.82 Å². The summed E-state index contributed by atoms with van der Waals surface area (Å²) in [6.45, 7) is 3.33. The smallest absolute Gasteiger partial charge is 0.315 e. The van der Waals surface area contributed by atoms with Gasteiger partial charge in [-0.15, -0.1) is 5.11 Å². The normalized spacial score (nSPS) is 17.9. The van der Waals surface area contributed by atoms with Gasteiger partial charge in [0.2, 0.25) is 29.5 Å². The lowest BCUT2D eigenvalue weighted by atomic mass is 9.99. The summed E-state index contributed by atoms with van der Waals surface area (Å²) >= 11 is 0. The number of rotatable bonds is 21. The van der Waals surface area contributed by atoms with Gasteiger partial charge in [-0.3, -0.25) is 38.1 Å². The fourth-order valence-corrected chi connectivity index (χ4v) is 7.96. The van der Waals surface area contributed by atoms with Crippen molar-refractivity contribution in [1.82, 2.24) is 47.5 Å². The van der Waals surface area contributed by atoms with Crippen LogP contribution in [0.25, 0.3) is 0 Å². The molecule has 394 valence electrons. The number of carbonyl (C=O) groups excluding carboxylic acids is 7. The minimum absolute atomic E-state index is 0.00770. The third kappa shape index (κ3) is 18.7. The highest BCUT2D eigenvalue weighted by molar-refractivity contribution is 7.85. The average molecular weight is 1040 g/mol. The number of amides is 8. The Labute approximate surface area is 426 Å². The van der Waals surface area contributed by atoms with Crippen LogP contribution in [-0.4, -0.2) is 121 Å². The van der Waals surface area contributed by atoms with E-state index in [1.165, 1.54) is 36.5 Å². The summed E-state index contributed by atoms with van der Waals surface area (Å²) < 4.78 is 38.5. The molecule has 74 heavy (non-hydrogen) atoms. The molecule has 0 bridgehead atoms. The van der Waals surface area contributed by atoms with Gasteiger partial charge in [-0.25, -0.2) is 9.78 Å². The Morgan fingerprint density at radius 1 is 0.757 bits per heavy atom. The molecule has 1 fully saturated rings. The number of nitrogens with one attached hydrogen (secondary N) is 8. The van der Waals surface area contributed by atoms with Gasteiger partial charge in [-0.2, -0.15) is 13.5 Å². The molecule has 1 aliphatic heterocycles. The van der Waals surface area contributed by atoms with Gasteiger partial charge >= 0.3 is 12.0 Å². The Kier molecular flexibility index (Phi) is 21.5. The van der Waals surface area contributed by atoms with Gasteiger partial charge in [0.1, 0.15) is 29.9 Å². The van der Waals surface area contributed by atoms with E-state index in [1.807, 2.05) is 30.3 Å². The van der Waals surface area contributed by atoms with Crippen molar-refractivity contribution < 1.29 is 61.2 Å². The summed E-state index contributed by atoms with van der Waals surface area (Å²) in [5, 5.41) is 38.3. The maximum Gasteiger partial charge on any atom is 0.315 e. The van der Waals surface area contributed by atoms with Crippen molar-refractivity contribution in [2.45, 2.75) is 88.1 Å². The number of urea groups is 1.